The van der Waals surface area contributed by atoms with Gasteiger partial charge in [-0.25, -0.2) is 9.78 Å². The second kappa shape index (κ2) is 11.5. The van der Waals surface area contributed by atoms with Crippen molar-refractivity contribution in [1.29, 1.82) is 0 Å². The minimum atomic E-state index is -0.887. The number of nitrogens with one attached hydrogen (secondary N) is 1. The molecule has 1 aliphatic carbocycles. The van der Waals surface area contributed by atoms with Gasteiger partial charge >= 0.3 is 5.97 Å². The smallest absolute Gasteiger partial charge is 0.348 e. The second-order valence-corrected chi connectivity index (χ2v) is 12.1. The molecule has 0 spiro atoms. The van der Waals surface area contributed by atoms with Gasteiger partial charge in [-0.3, -0.25) is 0 Å². The summed E-state index contributed by atoms with van der Waals surface area (Å²) in [6.07, 6.45) is 6.63. The Labute approximate surface area is 226 Å². The normalized spacial score (nSPS) is 13.8. The number of ether oxygens (including phenoxy) is 1. The minimum Gasteiger partial charge on any atom is -0.477 e. The van der Waals surface area contributed by atoms with E-state index in [9.17, 15) is 9.90 Å². The van der Waals surface area contributed by atoms with Crippen molar-refractivity contribution in [2.24, 2.45) is 5.92 Å². The number of thiophene rings is 1. The molecule has 37 heavy (non-hydrogen) atoms. The summed E-state index contributed by atoms with van der Waals surface area (Å²) in [4.78, 5) is 19.6. The monoisotopic (exact) mass is 532 g/mol. The highest BCUT2D eigenvalue weighted by Gasteiger charge is 2.24. The molecule has 5 nitrogen and oxygen atoms in total. The molecule has 0 radical (unpaired) electrons. The Hall–Kier alpha value is -3.16. The Balaban J connectivity index is 1.41. The van der Waals surface area contributed by atoms with Crippen molar-refractivity contribution in [2.45, 2.75) is 58.3 Å². The first kappa shape index (κ1) is 25.5. The van der Waals surface area contributed by atoms with E-state index in [0.29, 0.717) is 22.4 Å². The summed E-state index contributed by atoms with van der Waals surface area (Å²) in [5.74, 6) is 1.74. The maximum absolute atomic E-state index is 12.0. The van der Waals surface area contributed by atoms with Crippen molar-refractivity contribution in [3.63, 3.8) is 0 Å². The predicted octanol–water partition coefficient (Wildman–Crippen LogP) is 9.35. The van der Waals surface area contributed by atoms with Gasteiger partial charge in [0.1, 0.15) is 16.4 Å². The van der Waals surface area contributed by atoms with Crippen molar-refractivity contribution >= 4 is 39.5 Å². The van der Waals surface area contributed by atoms with Gasteiger partial charge in [-0.1, -0.05) is 56.2 Å². The van der Waals surface area contributed by atoms with E-state index < -0.39 is 5.97 Å². The highest BCUT2D eigenvalue weighted by Crippen LogP contribution is 2.43. The molecule has 0 bridgehead atoms. The van der Waals surface area contributed by atoms with Gasteiger partial charge in [-0.2, -0.15) is 0 Å². The fourth-order valence-electron chi connectivity index (χ4n) is 4.71. The standard InChI is InChI=1S/C30H32N2O3S2/c1-19(2)12-17-24-27(21-13-15-23(16-14-21)35-22-10-4-3-5-11-22)37-30(31-24)32-25-18-26(20-8-6-7-9-20)36-28(25)29(33)34/h3-5,10-11,13-16,18-20H,6-9,12,17H2,1-2H3,(H,31,32)(H,33,34). The van der Waals surface area contributed by atoms with Crippen molar-refractivity contribution in [3.8, 4) is 21.9 Å². The average molecular weight is 533 g/mol. The molecule has 2 aromatic heterocycles. The summed E-state index contributed by atoms with van der Waals surface area (Å²) in [6, 6.07) is 19.9. The molecule has 5 rings (SSSR count). The van der Waals surface area contributed by atoms with Crippen molar-refractivity contribution in [2.75, 3.05) is 5.32 Å². The number of aryl methyl sites for hydroxylation is 1. The summed E-state index contributed by atoms with van der Waals surface area (Å²) >= 11 is 2.99. The van der Waals surface area contributed by atoms with Crippen LogP contribution in [0.3, 0.4) is 0 Å². The summed E-state index contributed by atoms with van der Waals surface area (Å²) in [5, 5.41) is 14.0. The van der Waals surface area contributed by atoms with Crippen molar-refractivity contribution in [1.82, 2.24) is 4.98 Å². The minimum absolute atomic E-state index is 0.366. The van der Waals surface area contributed by atoms with E-state index in [2.05, 4.69) is 31.3 Å². The molecule has 2 N–H and O–H groups in total. The Kier molecular flexibility index (Phi) is 7.91. The Morgan fingerprint density at radius 1 is 1.05 bits per heavy atom. The maximum Gasteiger partial charge on any atom is 0.348 e. The molecular formula is C30H32N2O3S2. The van der Waals surface area contributed by atoms with E-state index in [1.807, 2.05) is 48.5 Å². The summed E-state index contributed by atoms with van der Waals surface area (Å²) < 4.78 is 5.96. The molecule has 4 aromatic rings. The number of para-hydroxylation sites is 1. The van der Waals surface area contributed by atoms with Gasteiger partial charge < -0.3 is 15.2 Å². The molecule has 0 atom stereocenters. The third-order valence-corrected chi connectivity index (χ3v) is 9.04. The Bertz CT molecular complexity index is 1340. The van der Waals surface area contributed by atoms with Gasteiger partial charge in [0.25, 0.3) is 0 Å². The molecule has 2 heterocycles. The summed E-state index contributed by atoms with van der Waals surface area (Å²) in [5.41, 5.74) is 2.78. The number of carbonyl (C=O) groups is 1. The highest BCUT2D eigenvalue weighted by molar-refractivity contribution is 7.19. The Morgan fingerprint density at radius 2 is 1.76 bits per heavy atom. The quantitative estimate of drug-likeness (QED) is 0.213. The number of aromatic carboxylic acids is 1. The van der Waals surface area contributed by atoms with Crippen LogP contribution in [0.1, 0.15) is 72.1 Å². The first-order valence-corrected chi connectivity index (χ1v) is 14.6. The van der Waals surface area contributed by atoms with Crippen LogP contribution >= 0.6 is 22.7 Å². The van der Waals surface area contributed by atoms with E-state index in [1.54, 1.807) is 11.3 Å². The van der Waals surface area contributed by atoms with E-state index >= 15 is 0 Å². The van der Waals surface area contributed by atoms with Crippen LogP contribution in [-0.4, -0.2) is 16.1 Å². The van der Waals surface area contributed by atoms with Gasteiger partial charge in [0, 0.05) is 4.88 Å². The molecule has 192 valence electrons. The topological polar surface area (TPSA) is 71.5 Å². The van der Waals surface area contributed by atoms with Crippen LogP contribution in [-0.2, 0) is 6.42 Å². The van der Waals surface area contributed by atoms with Crippen molar-refractivity contribution in [3.05, 3.63) is 76.1 Å². The number of carboxylic acid groups (broad SMARTS) is 1. The molecule has 1 saturated carbocycles. The average Bonchev–Trinajstić information content (AvgIpc) is 3.64. The van der Waals surface area contributed by atoms with Crippen LogP contribution in [0, 0.1) is 5.92 Å². The van der Waals surface area contributed by atoms with Crippen LogP contribution in [0.2, 0.25) is 0 Å². The van der Waals surface area contributed by atoms with Gasteiger partial charge in [0.15, 0.2) is 5.13 Å². The number of anilines is 2. The van der Waals surface area contributed by atoms with Gasteiger partial charge in [0.05, 0.1) is 16.3 Å². The zero-order valence-corrected chi connectivity index (χ0v) is 22.8. The first-order valence-electron chi connectivity index (χ1n) is 12.9. The molecule has 0 aliphatic heterocycles. The number of nitrogens with zero attached hydrogens (tertiary/aromatic N) is 1. The fourth-order valence-corrected chi connectivity index (χ4v) is 6.86. The molecule has 0 saturated heterocycles. The molecule has 7 heteroatoms. The highest BCUT2D eigenvalue weighted by atomic mass is 32.1. The molecule has 0 amide bonds. The van der Waals surface area contributed by atoms with Crippen LogP contribution < -0.4 is 10.1 Å². The van der Waals surface area contributed by atoms with Crippen LogP contribution in [0.15, 0.2) is 60.7 Å². The molecule has 1 aliphatic rings. The van der Waals surface area contributed by atoms with Crippen LogP contribution in [0.4, 0.5) is 10.8 Å². The number of rotatable bonds is 10. The SMILES string of the molecule is CC(C)CCc1nc(Nc2cc(C3CCCC3)sc2C(=O)O)sc1-c1ccc(Oc2ccccc2)cc1. The summed E-state index contributed by atoms with van der Waals surface area (Å²) in [7, 11) is 0. The maximum atomic E-state index is 12.0. The molecular weight excluding hydrogens is 500 g/mol. The fraction of sp³-hybridized carbons (Fsp3) is 0.333. The number of carboxylic acids is 1. The van der Waals surface area contributed by atoms with Gasteiger partial charge in [-0.05, 0) is 85.5 Å². The van der Waals surface area contributed by atoms with E-state index in [-0.39, 0.29) is 0 Å². The van der Waals surface area contributed by atoms with E-state index in [1.165, 1.54) is 29.1 Å². The number of aromatic nitrogens is 1. The lowest BCUT2D eigenvalue weighted by Crippen LogP contribution is -1.98. The third-order valence-electron chi connectivity index (χ3n) is 6.70. The second-order valence-electron chi connectivity index (χ2n) is 9.97. The van der Waals surface area contributed by atoms with E-state index in [4.69, 9.17) is 9.72 Å². The lowest BCUT2D eigenvalue weighted by molar-refractivity contribution is 0.0703. The van der Waals surface area contributed by atoms with Crippen LogP contribution in [0.25, 0.3) is 10.4 Å². The van der Waals surface area contributed by atoms with E-state index in [0.717, 1.165) is 58.4 Å². The molecule has 0 unspecified atom stereocenters. The number of thiazole rings is 1. The lowest BCUT2D eigenvalue weighted by Gasteiger charge is -2.07. The van der Waals surface area contributed by atoms with Gasteiger partial charge in [-0.15, -0.1) is 11.3 Å². The number of benzene rings is 2. The number of hydrogen-bond donors (Lipinski definition) is 2. The predicted molar refractivity (Wildman–Crippen MR) is 153 cm³/mol. The van der Waals surface area contributed by atoms with Crippen LogP contribution in [0.5, 0.6) is 11.5 Å². The van der Waals surface area contributed by atoms with Gasteiger partial charge in [0.2, 0.25) is 0 Å². The zero-order valence-electron chi connectivity index (χ0n) is 21.2. The number of hydrogen-bond acceptors (Lipinski definition) is 6. The molecule has 2 aromatic carbocycles. The summed E-state index contributed by atoms with van der Waals surface area (Å²) in [6.45, 7) is 4.44. The zero-order chi connectivity index (χ0) is 25.8. The molecule has 1 fully saturated rings. The largest absolute Gasteiger partial charge is 0.477 e. The third kappa shape index (κ3) is 6.22. The van der Waals surface area contributed by atoms with Crippen molar-refractivity contribution < 1.29 is 14.6 Å². The first-order chi connectivity index (χ1) is 18.0. The lowest BCUT2D eigenvalue weighted by atomic mass is 10.0. The Morgan fingerprint density at radius 3 is 2.43 bits per heavy atom.